The van der Waals surface area contributed by atoms with Crippen LogP contribution in [0.5, 0.6) is 0 Å². The van der Waals surface area contributed by atoms with Crippen LogP contribution in [-0.4, -0.2) is 4.57 Å². The topological polar surface area (TPSA) is 8.17 Å². The Morgan fingerprint density at radius 2 is 1.02 bits per heavy atom. The Morgan fingerprint density at radius 3 is 1.68 bits per heavy atom. The molecule has 12 rings (SSSR count). The number of rotatable bonds is 5. The first-order valence-electron chi connectivity index (χ1n) is 21.6. The Bertz CT molecular complexity index is 3290. The van der Waals surface area contributed by atoms with Crippen molar-refractivity contribution in [3.8, 4) is 39.1 Å². The van der Waals surface area contributed by atoms with Crippen LogP contribution in [0.1, 0.15) is 50.3 Å². The van der Waals surface area contributed by atoms with Crippen LogP contribution in [0, 0.1) is 0 Å². The zero-order valence-electron chi connectivity index (χ0n) is 34.5. The molecule has 1 aromatic heterocycles. The van der Waals surface area contributed by atoms with Crippen molar-refractivity contribution in [2.75, 3.05) is 4.90 Å². The molecule has 2 aliphatic carbocycles. The lowest BCUT2D eigenvalue weighted by Gasteiger charge is -2.33. The van der Waals surface area contributed by atoms with Crippen LogP contribution in [0.15, 0.2) is 176 Å². The lowest BCUT2D eigenvalue weighted by Crippen LogP contribution is -2.17. The van der Waals surface area contributed by atoms with Crippen molar-refractivity contribution in [3.05, 3.63) is 193 Å². The summed E-state index contributed by atoms with van der Waals surface area (Å²) in [6.07, 6.45) is 4.69. The van der Waals surface area contributed by atoms with E-state index in [2.05, 4.69) is 206 Å². The van der Waals surface area contributed by atoms with Crippen LogP contribution in [0.25, 0.3) is 82.4 Å². The number of anilines is 3. The molecule has 0 unspecified atom stereocenters. The highest BCUT2D eigenvalue weighted by molar-refractivity contribution is 6.13. The molecule has 0 spiro atoms. The van der Waals surface area contributed by atoms with Crippen LogP contribution in [-0.2, 0) is 18.3 Å². The van der Waals surface area contributed by atoms with Crippen molar-refractivity contribution in [2.24, 2.45) is 0 Å². The predicted octanol–water partition coefficient (Wildman–Crippen LogP) is 16.1. The van der Waals surface area contributed by atoms with Gasteiger partial charge in [0, 0.05) is 33.4 Å². The quantitative estimate of drug-likeness (QED) is 0.169. The summed E-state index contributed by atoms with van der Waals surface area (Å²) in [5, 5.41) is 7.64. The molecule has 0 bridgehead atoms. The van der Waals surface area contributed by atoms with Crippen molar-refractivity contribution < 1.29 is 0 Å². The SMILES string of the molecule is CC(C)(C)c1ccc(N(c2ccc3cc4c(cc3c2)-c2cc3ccc(-n5c6ccccc6c6ccccc65)cc3cc2-4)c2c(-c3ccccc3)ccc3c2CCCC3)cc1. The van der Waals surface area contributed by atoms with Crippen LogP contribution in [0.3, 0.4) is 0 Å². The molecular weight excluding hydrogens is 725 g/mol. The summed E-state index contributed by atoms with van der Waals surface area (Å²) in [6, 6.07) is 66.4. The summed E-state index contributed by atoms with van der Waals surface area (Å²) in [5.74, 6) is 0. The van der Waals surface area contributed by atoms with E-state index in [1.807, 2.05) is 0 Å². The van der Waals surface area contributed by atoms with Crippen LogP contribution >= 0.6 is 0 Å². The fourth-order valence-electron chi connectivity index (χ4n) is 10.3. The molecule has 0 N–H and O–H groups in total. The van der Waals surface area contributed by atoms with E-state index in [1.54, 1.807) is 0 Å². The zero-order valence-corrected chi connectivity index (χ0v) is 34.5. The zero-order chi connectivity index (χ0) is 40.1. The predicted molar refractivity (Wildman–Crippen MR) is 256 cm³/mol. The van der Waals surface area contributed by atoms with Gasteiger partial charge in [0.15, 0.2) is 0 Å². The van der Waals surface area contributed by atoms with E-state index in [4.69, 9.17) is 0 Å². The summed E-state index contributed by atoms with van der Waals surface area (Å²) in [5.41, 5.74) is 19.7. The second-order valence-electron chi connectivity index (χ2n) is 18.0. The third-order valence-electron chi connectivity index (χ3n) is 13.4. The standard InChI is InChI=1S/C58H46N2/c1-58(2,3)43-24-28-44(29-25-43)59(57-47-16-8-7-15-38(47)23-30-48(57)37-13-5-4-6-14-37)45-26-21-39-33-51-53(35-41(39)31-45)52-34-40-22-27-46(32-42(40)36-54(51)52)60-55-19-11-9-17-49(55)50-18-10-12-20-56(50)60/h4-6,9-14,17-36H,7-8,15-16H2,1-3H3. The number of para-hydroxylation sites is 2. The van der Waals surface area contributed by atoms with Gasteiger partial charge in [0.2, 0.25) is 0 Å². The van der Waals surface area contributed by atoms with Gasteiger partial charge in [0.05, 0.1) is 16.7 Å². The third-order valence-corrected chi connectivity index (χ3v) is 13.4. The third kappa shape index (κ3) is 5.47. The first-order valence-corrected chi connectivity index (χ1v) is 21.6. The molecule has 288 valence electrons. The molecule has 10 aromatic rings. The van der Waals surface area contributed by atoms with Crippen LogP contribution in [0.2, 0.25) is 0 Å². The van der Waals surface area contributed by atoms with Crippen molar-refractivity contribution in [2.45, 2.75) is 51.9 Å². The van der Waals surface area contributed by atoms with E-state index in [0.717, 1.165) is 12.8 Å². The maximum absolute atomic E-state index is 2.56. The molecule has 0 amide bonds. The van der Waals surface area contributed by atoms with Gasteiger partial charge in [0.25, 0.3) is 0 Å². The van der Waals surface area contributed by atoms with Crippen molar-refractivity contribution >= 4 is 60.4 Å². The lowest BCUT2D eigenvalue weighted by atomic mass is 9.78. The van der Waals surface area contributed by atoms with E-state index >= 15 is 0 Å². The number of aryl methyl sites for hydroxylation is 1. The van der Waals surface area contributed by atoms with Gasteiger partial charge in [-0.3, -0.25) is 0 Å². The highest BCUT2D eigenvalue weighted by Crippen LogP contribution is 2.52. The van der Waals surface area contributed by atoms with Crippen LogP contribution in [0.4, 0.5) is 17.1 Å². The maximum atomic E-state index is 2.56. The average molecular weight is 771 g/mol. The number of benzene rings is 9. The second kappa shape index (κ2) is 13.3. The van der Waals surface area contributed by atoms with Gasteiger partial charge >= 0.3 is 0 Å². The molecule has 60 heavy (non-hydrogen) atoms. The Hall–Kier alpha value is -6.90. The molecule has 0 atom stereocenters. The first-order chi connectivity index (χ1) is 29.4. The molecule has 2 aliphatic rings. The maximum Gasteiger partial charge on any atom is 0.0574 e. The number of hydrogen-bond donors (Lipinski definition) is 0. The molecule has 0 aliphatic heterocycles. The fraction of sp³-hybridized carbons (Fsp3) is 0.138. The molecule has 2 heteroatoms. The minimum Gasteiger partial charge on any atom is -0.310 e. The average Bonchev–Trinajstić information content (AvgIpc) is 3.62. The van der Waals surface area contributed by atoms with Gasteiger partial charge in [-0.2, -0.15) is 0 Å². The largest absolute Gasteiger partial charge is 0.310 e. The van der Waals surface area contributed by atoms with Gasteiger partial charge in [0.1, 0.15) is 0 Å². The molecule has 0 radical (unpaired) electrons. The van der Waals surface area contributed by atoms with Gasteiger partial charge in [-0.15, -0.1) is 0 Å². The molecule has 9 aromatic carbocycles. The van der Waals surface area contributed by atoms with Crippen molar-refractivity contribution in [1.82, 2.24) is 4.57 Å². The summed E-state index contributed by atoms with van der Waals surface area (Å²) in [7, 11) is 0. The smallest absolute Gasteiger partial charge is 0.0574 e. The molecular formula is C58H46N2. The molecule has 0 saturated carbocycles. The Morgan fingerprint density at radius 1 is 0.450 bits per heavy atom. The van der Waals surface area contributed by atoms with E-state index in [0.29, 0.717) is 0 Å². The van der Waals surface area contributed by atoms with Gasteiger partial charge in [-0.1, -0.05) is 124 Å². The Labute approximate surface area is 352 Å². The number of hydrogen-bond acceptors (Lipinski definition) is 1. The molecule has 1 heterocycles. The highest BCUT2D eigenvalue weighted by Gasteiger charge is 2.27. The number of fused-ring (bicyclic) bond motifs is 10. The minimum atomic E-state index is 0.0749. The van der Waals surface area contributed by atoms with Crippen molar-refractivity contribution in [3.63, 3.8) is 0 Å². The number of nitrogens with zero attached hydrogens (tertiary/aromatic N) is 2. The summed E-state index contributed by atoms with van der Waals surface area (Å²) >= 11 is 0. The second-order valence-corrected chi connectivity index (χ2v) is 18.0. The Balaban J connectivity index is 0.987. The highest BCUT2D eigenvalue weighted by atomic mass is 15.1. The normalized spacial score (nSPS) is 13.3. The van der Waals surface area contributed by atoms with Gasteiger partial charge in [-0.25, -0.2) is 0 Å². The summed E-state index contributed by atoms with van der Waals surface area (Å²) in [4.78, 5) is 2.56. The van der Waals surface area contributed by atoms with Crippen LogP contribution < -0.4 is 4.90 Å². The minimum absolute atomic E-state index is 0.0749. The summed E-state index contributed by atoms with van der Waals surface area (Å²) in [6.45, 7) is 6.89. The fourth-order valence-corrected chi connectivity index (χ4v) is 10.3. The Kier molecular flexibility index (Phi) is 7.78. The van der Waals surface area contributed by atoms with E-state index in [-0.39, 0.29) is 5.41 Å². The number of aromatic nitrogens is 1. The van der Waals surface area contributed by atoms with E-state index in [1.165, 1.54) is 129 Å². The molecule has 0 saturated heterocycles. The lowest BCUT2D eigenvalue weighted by molar-refractivity contribution is 0.590. The van der Waals surface area contributed by atoms with E-state index < -0.39 is 0 Å². The van der Waals surface area contributed by atoms with E-state index in [9.17, 15) is 0 Å². The monoisotopic (exact) mass is 770 g/mol. The van der Waals surface area contributed by atoms with Gasteiger partial charge < -0.3 is 9.47 Å². The van der Waals surface area contributed by atoms with Crippen molar-refractivity contribution in [1.29, 1.82) is 0 Å². The van der Waals surface area contributed by atoms with Gasteiger partial charge in [-0.05, 0) is 170 Å². The molecule has 2 nitrogen and oxygen atoms in total. The first kappa shape index (κ1) is 35.1. The summed E-state index contributed by atoms with van der Waals surface area (Å²) < 4.78 is 2.42. The molecule has 0 fully saturated rings.